The molecule has 0 radical (unpaired) electrons. The Morgan fingerprint density at radius 2 is 2.05 bits per heavy atom. The van der Waals surface area contributed by atoms with Gasteiger partial charge in [0.05, 0.1) is 6.54 Å². The number of nitrogens with zero attached hydrogens (tertiary/aromatic N) is 2. The van der Waals surface area contributed by atoms with Crippen LogP contribution in [0.3, 0.4) is 0 Å². The van der Waals surface area contributed by atoms with Gasteiger partial charge in [0.25, 0.3) is 0 Å². The minimum atomic E-state index is -0.0847. The van der Waals surface area contributed by atoms with E-state index >= 15 is 0 Å². The highest BCUT2D eigenvalue weighted by molar-refractivity contribution is 7.99. The van der Waals surface area contributed by atoms with Gasteiger partial charge in [-0.3, -0.25) is 0 Å². The molecule has 0 aliphatic carbocycles. The van der Waals surface area contributed by atoms with Crippen molar-refractivity contribution in [1.29, 1.82) is 0 Å². The maximum Gasteiger partial charge on any atom is 0.317 e. The van der Waals surface area contributed by atoms with Crippen molar-refractivity contribution in [3.8, 4) is 0 Å². The van der Waals surface area contributed by atoms with Crippen molar-refractivity contribution in [3.63, 3.8) is 0 Å². The highest BCUT2D eigenvalue weighted by Crippen LogP contribution is 2.17. The van der Waals surface area contributed by atoms with Crippen molar-refractivity contribution in [2.24, 2.45) is 0 Å². The van der Waals surface area contributed by atoms with E-state index in [1.54, 1.807) is 29.9 Å². The van der Waals surface area contributed by atoms with Gasteiger partial charge in [-0.05, 0) is 26.0 Å². The molecule has 0 aliphatic rings. The van der Waals surface area contributed by atoms with Crippen molar-refractivity contribution < 1.29 is 4.79 Å². The van der Waals surface area contributed by atoms with Crippen LogP contribution in [0.4, 0.5) is 4.79 Å². The summed E-state index contributed by atoms with van der Waals surface area (Å²) >= 11 is 1.75. The largest absolute Gasteiger partial charge is 0.345 e. The average molecular weight is 318 g/mol. The van der Waals surface area contributed by atoms with Gasteiger partial charge in [-0.2, -0.15) is 0 Å². The number of amides is 2. The topological polar surface area (TPSA) is 61.0 Å². The van der Waals surface area contributed by atoms with E-state index in [1.165, 1.54) is 10.5 Å². The highest BCUT2D eigenvalue weighted by atomic mass is 32.2. The molecule has 118 valence electrons. The third-order valence-electron chi connectivity index (χ3n) is 3.23. The lowest BCUT2D eigenvalue weighted by atomic mass is 10.2. The number of H-pyrrole nitrogens is 1. The molecule has 5 nitrogen and oxygen atoms in total. The number of rotatable bonds is 6. The summed E-state index contributed by atoms with van der Waals surface area (Å²) in [5, 5.41) is 2.85. The first-order valence-corrected chi connectivity index (χ1v) is 8.22. The first kappa shape index (κ1) is 16.4. The zero-order valence-electron chi connectivity index (χ0n) is 13.2. The van der Waals surface area contributed by atoms with E-state index in [9.17, 15) is 4.79 Å². The Balaban J connectivity index is 1.68. The molecule has 6 heteroatoms. The van der Waals surface area contributed by atoms with Gasteiger partial charge in [-0.15, -0.1) is 11.8 Å². The molecule has 0 fully saturated rings. The van der Waals surface area contributed by atoms with Crippen molar-refractivity contribution in [2.45, 2.75) is 25.3 Å². The molecule has 0 saturated heterocycles. The number of hydrogen-bond acceptors (Lipinski definition) is 3. The number of imidazole rings is 1. The molecule has 0 unspecified atom stereocenters. The minimum Gasteiger partial charge on any atom is -0.345 e. The van der Waals surface area contributed by atoms with E-state index < -0.39 is 0 Å². The van der Waals surface area contributed by atoms with E-state index in [2.05, 4.69) is 46.5 Å². The molecule has 0 aliphatic heterocycles. The number of nitrogens with one attached hydrogen (secondary N) is 2. The van der Waals surface area contributed by atoms with Gasteiger partial charge in [0, 0.05) is 36.1 Å². The molecule has 2 rings (SSSR count). The second-order valence-corrected chi connectivity index (χ2v) is 6.42. The molecule has 0 saturated carbocycles. The second-order valence-electron chi connectivity index (χ2n) is 5.25. The maximum absolute atomic E-state index is 12.0. The Morgan fingerprint density at radius 3 is 2.68 bits per heavy atom. The number of benzene rings is 1. The fourth-order valence-corrected chi connectivity index (χ4v) is 2.82. The van der Waals surface area contributed by atoms with E-state index in [0.717, 1.165) is 17.3 Å². The van der Waals surface area contributed by atoms with Crippen LogP contribution in [-0.2, 0) is 6.54 Å². The monoisotopic (exact) mass is 318 g/mol. The molecule has 0 bridgehead atoms. The predicted octanol–water partition coefficient (Wildman–Crippen LogP) is 2.96. The average Bonchev–Trinajstić information content (AvgIpc) is 2.92. The van der Waals surface area contributed by atoms with Crippen molar-refractivity contribution in [1.82, 2.24) is 20.2 Å². The van der Waals surface area contributed by atoms with Crippen LogP contribution in [-0.4, -0.2) is 40.2 Å². The Kier molecular flexibility index (Phi) is 5.89. The number of carbonyl (C=O) groups excluding carboxylic acids is 1. The molecule has 2 aromatic rings. The SMILES string of the molecule is Cc1ccc(SCCN(C)C(=O)NCc2ncc(C)[nH]2)cc1. The summed E-state index contributed by atoms with van der Waals surface area (Å²) in [6.07, 6.45) is 1.75. The highest BCUT2D eigenvalue weighted by Gasteiger charge is 2.08. The number of aromatic nitrogens is 2. The van der Waals surface area contributed by atoms with E-state index in [0.29, 0.717) is 13.1 Å². The fraction of sp³-hybridized carbons (Fsp3) is 0.375. The third-order valence-corrected chi connectivity index (χ3v) is 4.22. The zero-order valence-corrected chi connectivity index (χ0v) is 14.0. The van der Waals surface area contributed by atoms with Gasteiger partial charge in [0.15, 0.2) is 0 Å². The smallest absolute Gasteiger partial charge is 0.317 e. The fourth-order valence-electron chi connectivity index (χ4n) is 1.89. The normalized spacial score (nSPS) is 10.5. The molecule has 1 aromatic carbocycles. The van der Waals surface area contributed by atoms with Crippen molar-refractivity contribution >= 4 is 17.8 Å². The molecule has 1 heterocycles. The molecular formula is C16H22N4OS. The van der Waals surface area contributed by atoms with Crippen LogP contribution in [0.5, 0.6) is 0 Å². The van der Waals surface area contributed by atoms with Gasteiger partial charge >= 0.3 is 6.03 Å². The number of urea groups is 1. The van der Waals surface area contributed by atoms with Crippen LogP contribution < -0.4 is 5.32 Å². The lowest BCUT2D eigenvalue weighted by Gasteiger charge is -2.17. The standard InChI is InChI=1S/C16H22N4OS/c1-12-4-6-14(7-5-12)22-9-8-20(3)16(21)18-11-15-17-10-13(2)19-15/h4-7,10H,8-9,11H2,1-3H3,(H,17,19)(H,18,21). The van der Waals surface area contributed by atoms with Gasteiger partial charge in [-0.1, -0.05) is 17.7 Å². The van der Waals surface area contributed by atoms with E-state index in [1.807, 2.05) is 6.92 Å². The van der Waals surface area contributed by atoms with Gasteiger partial charge in [-0.25, -0.2) is 9.78 Å². The summed E-state index contributed by atoms with van der Waals surface area (Å²) in [5.41, 5.74) is 2.25. The first-order valence-electron chi connectivity index (χ1n) is 7.23. The molecule has 22 heavy (non-hydrogen) atoms. The van der Waals surface area contributed by atoms with Gasteiger partial charge in [0.2, 0.25) is 0 Å². The Hall–Kier alpha value is -1.95. The number of aromatic amines is 1. The lowest BCUT2D eigenvalue weighted by Crippen LogP contribution is -2.38. The predicted molar refractivity (Wildman–Crippen MR) is 90.1 cm³/mol. The number of hydrogen-bond donors (Lipinski definition) is 2. The molecule has 0 spiro atoms. The maximum atomic E-state index is 12.0. The third kappa shape index (κ3) is 5.11. The van der Waals surface area contributed by atoms with Crippen LogP contribution in [0.15, 0.2) is 35.4 Å². The quantitative estimate of drug-likeness (QED) is 0.805. The summed E-state index contributed by atoms with van der Waals surface area (Å²) in [4.78, 5) is 22.1. The van der Waals surface area contributed by atoms with E-state index in [4.69, 9.17) is 0 Å². The van der Waals surface area contributed by atoms with Crippen LogP contribution >= 0.6 is 11.8 Å². The second kappa shape index (κ2) is 7.89. The molecular weight excluding hydrogens is 296 g/mol. The van der Waals surface area contributed by atoms with E-state index in [-0.39, 0.29) is 6.03 Å². The Morgan fingerprint density at radius 1 is 1.32 bits per heavy atom. The van der Waals surface area contributed by atoms with Crippen LogP contribution in [0.1, 0.15) is 17.1 Å². The van der Waals surface area contributed by atoms with Gasteiger partial charge in [0.1, 0.15) is 5.82 Å². The summed E-state index contributed by atoms with van der Waals surface area (Å²) in [5.74, 6) is 1.64. The van der Waals surface area contributed by atoms with Gasteiger partial charge < -0.3 is 15.2 Å². The van der Waals surface area contributed by atoms with Crippen molar-refractivity contribution in [3.05, 3.63) is 47.5 Å². The lowest BCUT2D eigenvalue weighted by molar-refractivity contribution is 0.210. The molecule has 1 aromatic heterocycles. The minimum absolute atomic E-state index is 0.0847. The Bertz CT molecular complexity index is 609. The number of carbonyl (C=O) groups is 1. The number of thioether (sulfide) groups is 1. The van der Waals surface area contributed by atoms with Crippen LogP contribution in [0.25, 0.3) is 0 Å². The summed E-state index contributed by atoms with van der Waals surface area (Å²) < 4.78 is 0. The molecule has 2 amide bonds. The summed E-state index contributed by atoms with van der Waals surface area (Å²) in [7, 11) is 1.80. The Labute approximate surface area is 135 Å². The van der Waals surface area contributed by atoms with Crippen molar-refractivity contribution in [2.75, 3.05) is 19.3 Å². The number of aryl methyl sites for hydroxylation is 2. The summed E-state index contributed by atoms with van der Waals surface area (Å²) in [6, 6.07) is 8.34. The molecule has 2 N–H and O–H groups in total. The summed E-state index contributed by atoms with van der Waals surface area (Å²) in [6.45, 7) is 5.13. The van der Waals surface area contributed by atoms with Crippen LogP contribution in [0.2, 0.25) is 0 Å². The van der Waals surface area contributed by atoms with Crippen LogP contribution in [0, 0.1) is 13.8 Å². The first-order chi connectivity index (χ1) is 10.5. The zero-order chi connectivity index (χ0) is 15.9. The molecule has 0 atom stereocenters.